The summed E-state index contributed by atoms with van der Waals surface area (Å²) in [4.78, 5) is 16.0. The van der Waals surface area contributed by atoms with Gasteiger partial charge in [0.2, 0.25) is 0 Å². The van der Waals surface area contributed by atoms with Crippen LogP contribution in [0.3, 0.4) is 0 Å². The number of fused-ring (bicyclic) bond motifs is 5. The molecule has 2 aromatic heterocycles. The fraction of sp³-hybridized carbons (Fsp3) is 0.383. The molecule has 0 unspecified atom stereocenters. The van der Waals surface area contributed by atoms with Crippen LogP contribution in [0, 0.1) is 0 Å². The van der Waals surface area contributed by atoms with Gasteiger partial charge in [-0.05, 0) is 96.6 Å². The van der Waals surface area contributed by atoms with Crippen molar-refractivity contribution in [1.82, 2.24) is 25.4 Å². The summed E-state index contributed by atoms with van der Waals surface area (Å²) in [7, 11) is 3.53. The second-order valence-corrected chi connectivity index (χ2v) is 16.5. The van der Waals surface area contributed by atoms with Crippen molar-refractivity contribution >= 4 is 62.7 Å². The van der Waals surface area contributed by atoms with Gasteiger partial charge >= 0.3 is 18.4 Å². The SMILES string of the molecule is CCCc1c(OCCCN(C)C(=S)NC(=O)OCC2c3ccccc3-c3ccccc32)ccc2c(C(F)(F)F)noc12.CCCc1c(OCCCN(C)C(N)=S)ccc2c(C(F)(F)F)noc12. The molecule has 0 atom stereocenters. The molecule has 358 valence electrons. The molecular formula is C47H50F6N6O6S2. The molecule has 3 N–H and O–H groups in total. The minimum absolute atomic E-state index is 0.0449. The monoisotopic (exact) mass is 972 g/mol. The maximum atomic E-state index is 13.3. The highest BCUT2D eigenvalue weighted by Gasteiger charge is 2.39. The number of halogens is 6. The van der Waals surface area contributed by atoms with E-state index in [2.05, 4.69) is 39.9 Å². The Morgan fingerprint density at radius 2 is 1.16 bits per heavy atom. The van der Waals surface area contributed by atoms with Gasteiger partial charge in [-0.2, -0.15) is 26.3 Å². The van der Waals surface area contributed by atoms with Crippen molar-refractivity contribution in [3.8, 4) is 22.6 Å². The number of nitrogens with two attached hydrogens (primary N) is 1. The number of aryl methyl sites for hydroxylation is 2. The third-order valence-corrected chi connectivity index (χ3v) is 11.7. The maximum absolute atomic E-state index is 13.3. The number of hydrogen-bond donors (Lipinski definition) is 2. The van der Waals surface area contributed by atoms with E-state index >= 15 is 0 Å². The second-order valence-electron chi connectivity index (χ2n) is 15.7. The number of aromatic nitrogens is 2. The molecule has 7 rings (SSSR count). The maximum Gasteiger partial charge on any atom is 0.437 e. The Bertz CT molecular complexity index is 2640. The van der Waals surface area contributed by atoms with Crippen LogP contribution in [0.1, 0.15) is 79.1 Å². The van der Waals surface area contributed by atoms with Crippen LogP contribution in [0.15, 0.2) is 81.8 Å². The zero-order valence-electron chi connectivity index (χ0n) is 37.2. The largest absolute Gasteiger partial charge is 0.493 e. The number of carbonyl (C=O) groups excluding carboxylic acids is 1. The average molecular weight is 973 g/mol. The number of ether oxygens (including phenoxy) is 3. The quantitative estimate of drug-likeness (QED) is 0.0540. The van der Waals surface area contributed by atoms with E-state index in [0.29, 0.717) is 79.5 Å². The first kappa shape index (κ1) is 50.3. The van der Waals surface area contributed by atoms with Crippen molar-refractivity contribution in [3.05, 3.63) is 106 Å². The number of alkyl carbamates (subject to hydrolysis) is 1. The van der Waals surface area contributed by atoms with Crippen LogP contribution in [0.2, 0.25) is 0 Å². The minimum Gasteiger partial charge on any atom is -0.493 e. The molecule has 0 fully saturated rings. The summed E-state index contributed by atoms with van der Waals surface area (Å²) in [6, 6.07) is 21.9. The number of carbonyl (C=O) groups is 1. The summed E-state index contributed by atoms with van der Waals surface area (Å²) in [5, 5.41) is 9.45. The molecule has 0 bridgehead atoms. The number of alkyl halides is 6. The summed E-state index contributed by atoms with van der Waals surface area (Å²) < 4.78 is 106. The third kappa shape index (κ3) is 12.1. The van der Waals surface area contributed by atoms with Crippen LogP contribution < -0.4 is 20.5 Å². The topological polar surface area (TPSA) is 141 Å². The number of benzene rings is 4. The van der Waals surface area contributed by atoms with Crippen LogP contribution >= 0.6 is 24.4 Å². The molecule has 6 aromatic rings. The molecule has 1 aliphatic rings. The molecule has 0 radical (unpaired) electrons. The number of amides is 1. The Labute approximate surface area is 393 Å². The van der Waals surface area contributed by atoms with E-state index in [1.807, 2.05) is 38.1 Å². The summed E-state index contributed by atoms with van der Waals surface area (Å²) in [6.07, 6.45) is -6.14. The van der Waals surface area contributed by atoms with Crippen molar-refractivity contribution in [2.24, 2.45) is 5.73 Å². The molecule has 67 heavy (non-hydrogen) atoms. The fourth-order valence-corrected chi connectivity index (χ4v) is 8.00. The highest BCUT2D eigenvalue weighted by Crippen LogP contribution is 2.45. The number of nitrogens with one attached hydrogen (secondary N) is 1. The van der Waals surface area contributed by atoms with Gasteiger partial charge in [-0.25, -0.2) is 4.79 Å². The highest BCUT2D eigenvalue weighted by atomic mass is 32.1. The van der Waals surface area contributed by atoms with Gasteiger partial charge in [0.05, 0.1) is 24.0 Å². The van der Waals surface area contributed by atoms with Crippen LogP contribution in [-0.4, -0.2) is 83.4 Å². The van der Waals surface area contributed by atoms with Crippen molar-refractivity contribution < 1.29 is 54.4 Å². The molecule has 1 amide bonds. The smallest absolute Gasteiger partial charge is 0.437 e. The molecule has 20 heteroatoms. The molecule has 2 heterocycles. The van der Waals surface area contributed by atoms with Gasteiger partial charge in [-0.15, -0.1) is 0 Å². The Morgan fingerprint density at radius 1 is 0.716 bits per heavy atom. The highest BCUT2D eigenvalue weighted by molar-refractivity contribution is 7.80. The van der Waals surface area contributed by atoms with Crippen LogP contribution in [0.25, 0.3) is 33.1 Å². The second kappa shape index (κ2) is 22.1. The van der Waals surface area contributed by atoms with Gasteiger partial charge in [0.15, 0.2) is 32.8 Å². The lowest BCUT2D eigenvalue weighted by molar-refractivity contribution is -0.142. The Balaban J connectivity index is 0.000000253. The number of rotatable bonds is 16. The first-order valence-corrected chi connectivity index (χ1v) is 22.4. The van der Waals surface area contributed by atoms with E-state index < -0.39 is 29.8 Å². The first-order valence-electron chi connectivity index (χ1n) is 21.5. The van der Waals surface area contributed by atoms with Crippen molar-refractivity contribution in [1.29, 1.82) is 0 Å². The molecule has 1 aliphatic carbocycles. The molecule has 4 aromatic carbocycles. The van der Waals surface area contributed by atoms with Crippen molar-refractivity contribution in [2.75, 3.05) is 47.0 Å². The van der Waals surface area contributed by atoms with E-state index in [-0.39, 0.29) is 46.2 Å². The average Bonchev–Trinajstić information content (AvgIpc) is 4.02. The van der Waals surface area contributed by atoms with Crippen molar-refractivity contribution in [2.45, 2.75) is 70.6 Å². The standard InChI is InChI=1S/C31H30F3N3O4S.C16H20F3N3O2S/c1-3-9-23-26(15-14-24-27(23)41-36-28(24)31(32,33)34)39-17-8-16-37(2)29(42)35-30(38)40-18-25-21-12-6-4-10-19(21)20-11-5-7-13-22(20)25;1-3-5-10-12(23-9-4-8-22(2)15(20)25)7-6-11-13(10)24-21-14(11)16(17,18)19/h4-7,10-15,25H,3,8-9,16-18H2,1-2H3,(H,35,38,42);6-7H,3-5,8-9H2,1-2H3,(H2,20,25). The van der Waals surface area contributed by atoms with E-state index in [0.717, 1.165) is 28.7 Å². The predicted octanol–water partition coefficient (Wildman–Crippen LogP) is 11.1. The summed E-state index contributed by atoms with van der Waals surface area (Å²) in [6.45, 7) is 5.79. The lowest BCUT2D eigenvalue weighted by Crippen LogP contribution is -2.41. The summed E-state index contributed by atoms with van der Waals surface area (Å²) in [5.74, 6) is 0.911. The lowest BCUT2D eigenvalue weighted by atomic mass is 9.98. The summed E-state index contributed by atoms with van der Waals surface area (Å²) >= 11 is 10.2. The van der Waals surface area contributed by atoms with Gasteiger partial charge in [0, 0.05) is 44.2 Å². The summed E-state index contributed by atoms with van der Waals surface area (Å²) in [5.41, 5.74) is 9.36. The van der Waals surface area contributed by atoms with Gasteiger partial charge in [-0.1, -0.05) is 85.5 Å². The number of nitrogens with zero attached hydrogens (tertiary/aromatic N) is 4. The lowest BCUT2D eigenvalue weighted by Gasteiger charge is -2.21. The number of hydrogen-bond acceptors (Lipinski definition) is 10. The van der Waals surface area contributed by atoms with E-state index in [1.54, 1.807) is 23.9 Å². The van der Waals surface area contributed by atoms with Gasteiger partial charge < -0.3 is 38.8 Å². The van der Waals surface area contributed by atoms with Crippen LogP contribution in [-0.2, 0) is 29.9 Å². The minimum atomic E-state index is -4.60. The normalized spacial score (nSPS) is 12.3. The van der Waals surface area contributed by atoms with Crippen LogP contribution in [0.5, 0.6) is 11.5 Å². The van der Waals surface area contributed by atoms with Crippen LogP contribution in [0.4, 0.5) is 31.1 Å². The Hall–Kier alpha value is -6.15. The Morgan fingerprint density at radius 3 is 1.60 bits per heavy atom. The van der Waals surface area contributed by atoms with Crippen molar-refractivity contribution in [3.63, 3.8) is 0 Å². The first-order chi connectivity index (χ1) is 31.9. The van der Waals surface area contributed by atoms with E-state index in [4.69, 9.17) is 53.4 Å². The predicted molar refractivity (Wildman–Crippen MR) is 249 cm³/mol. The molecule has 0 aliphatic heterocycles. The van der Waals surface area contributed by atoms with E-state index in [9.17, 15) is 31.1 Å². The molecule has 0 spiro atoms. The molecule has 12 nitrogen and oxygen atoms in total. The molecule has 0 saturated heterocycles. The fourth-order valence-electron chi connectivity index (χ4n) is 7.73. The number of thiocarbonyl (C=S) groups is 2. The van der Waals surface area contributed by atoms with Gasteiger partial charge in [-0.3, -0.25) is 5.32 Å². The van der Waals surface area contributed by atoms with Gasteiger partial charge in [0.1, 0.15) is 18.1 Å². The zero-order valence-corrected chi connectivity index (χ0v) is 38.8. The third-order valence-electron chi connectivity index (χ3n) is 11.0. The zero-order chi connectivity index (χ0) is 48.5. The molecule has 0 saturated carbocycles. The van der Waals surface area contributed by atoms with E-state index in [1.165, 1.54) is 24.3 Å². The molecular weight excluding hydrogens is 923 g/mol. The van der Waals surface area contributed by atoms with Gasteiger partial charge in [0.25, 0.3) is 0 Å². The Kier molecular flexibility index (Phi) is 16.6.